The molecule has 0 bridgehead atoms. The van der Waals surface area contributed by atoms with Gasteiger partial charge in [-0.05, 0) is 24.8 Å². The van der Waals surface area contributed by atoms with Gasteiger partial charge in [-0.15, -0.1) is 0 Å². The number of aldehydes is 1. The van der Waals surface area contributed by atoms with Crippen molar-refractivity contribution in [1.82, 2.24) is 0 Å². The average Bonchev–Trinajstić information content (AvgIpc) is 2.35. The van der Waals surface area contributed by atoms with Crippen LogP contribution in [0.3, 0.4) is 0 Å². The first kappa shape index (κ1) is 14.6. The molecule has 1 aliphatic rings. The molecule has 0 saturated heterocycles. The molecule has 18 heavy (non-hydrogen) atoms. The minimum atomic E-state index is -1.58. The van der Waals surface area contributed by atoms with E-state index in [4.69, 9.17) is 5.11 Å². The Morgan fingerprint density at radius 2 is 2.28 bits per heavy atom. The van der Waals surface area contributed by atoms with Gasteiger partial charge in [-0.25, -0.2) is 4.79 Å². The van der Waals surface area contributed by atoms with E-state index in [1.807, 2.05) is 13.8 Å². The van der Waals surface area contributed by atoms with Gasteiger partial charge in [-0.2, -0.15) is 0 Å². The number of carbonyl (C=O) groups is 2. The molecular formula is C14H20O4. The van der Waals surface area contributed by atoms with Crippen molar-refractivity contribution in [3.05, 3.63) is 23.8 Å². The second kappa shape index (κ2) is 5.96. The first-order valence-corrected chi connectivity index (χ1v) is 6.25. The maximum atomic E-state index is 11.2. The van der Waals surface area contributed by atoms with E-state index in [0.717, 1.165) is 6.42 Å². The molecule has 0 heterocycles. The summed E-state index contributed by atoms with van der Waals surface area (Å²) in [6.07, 6.45) is 6.99. The standard InChI is InChI=1S/C14H20O4/c1-3-10(2)7-8-14(18)11(9-15)5-4-6-12(14)13(16)17/h4-6,9-11,18H,3,7-8H2,1-2H3,(H,16,17). The van der Waals surface area contributed by atoms with Crippen molar-refractivity contribution in [3.8, 4) is 0 Å². The minimum Gasteiger partial charge on any atom is -0.478 e. The van der Waals surface area contributed by atoms with Crippen LogP contribution in [-0.2, 0) is 9.59 Å². The maximum Gasteiger partial charge on any atom is 0.334 e. The lowest BCUT2D eigenvalue weighted by Crippen LogP contribution is -2.44. The predicted octanol–water partition coefficient (Wildman–Crippen LogP) is 1.94. The van der Waals surface area contributed by atoms with Gasteiger partial charge in [-0.3, -0.25) is 0 Å². The van der Waals surface area contributed by atoms with E-state index in [2.05, 4.69) is 0 Å². The number of aliphatic hydroxyl groups is 1. The topological polar surface area (TPSA) is 74.6 Å². The van der Waals surface area contributed by atoms with Crippen LogP contribution in [0.15, 0.2) is 23.8 Å². The van der Waals surface area contributed by atoms with Gasteiger partial charge in [0.05, 0.1) is 11.5 Å². The second-order valence-corrected chi connectivity index (χ2v) is 4.91. The summed E-state index contributed by atoms with van der Waals surface area (Å²) in [6.45, 7) is 4.09. The lowest BCUT2D eigenvalue weighted by atomic mass is 9.74. The van der Waals surface area contributed by atoms with Crippen LogP contribution in [0.5, 0.6) is 0 Å². The molecule has 0 saturated carbocycles. The highest BCUT2D eigenvalue weighted by molar-refractivity contribution is 5.91. The van der Waals surface area contributed by atoms with E-state index in [-0.39, 0.29) is 12.0 Å². The molecule has 0 aromatic carbocycles. The van der Waals surface area contributed by atoms with Crippen LogP contribution in [0.25, 0.3) is 0 Å². The Kier molecular flexibility index (Phi) is 4.84. The fourth-order valence-electron chi connectivity index (χ4n) is 2.14. The van der Waals surface area contributed by atoms with Gasteiger partial charge in [0.2, 0.25) is 0 Å². The molecule has 1 aliphatic carbocycles. The van der Waals surface area contributed by atoms with Crippen molar-refractivity contribution in [1.29, 1.82) is 0 Å². The molecule has 0 aliphatic heterocycles. The predicted molar refractivity (Wildman–Crippen MR) is 68.1 cm³/mol. The first-order chi connectivity index (χ1) is 8.45. The van der Waals surface area contributed by atoms with Gasteiger partial charge in [0.15, 0.2) is 0 Å². The highest BCUT2D eigenvalue weighted by Crippen LogP contribution is 2.35. The molecule has 3 atom stereocenters. The third-order valence-corrected chi connectivity index (χ3v) is 3.69. The number of aliphatic carboxylic acids is 1. The summed E-state index contributed by atoms with van der Waals surface area (Å²) < 4.78 is 0. The SMILES string of the molecule is CCC(C)CCC1(O)C(C(=O)O)=CC=CC1C=O. The lowest BCUT2D eigenvalue weighted by molar-refractivity contribution is -0.136. The molecule has 0 radical (unpaired) electrons. The lowest BCUT2D eigenvalue weighted by Gasteiger charge is -2.35. The van der Waals surface area contributed by atoms with Crippen LogP contribution in [-0.4, -0.2) is 28.1 Å². The van der Waals surface area contributed by atoms with E-state index in [1.165, 1.54) is 12.2 Å². The van der Waals surface area contributed by atoms with Crippen LogP contribution in [0.1, 0.15) is 33.1 Å². The number of allylic oxidation sites excluding steroid dienone is 2. The molecule has 0 aromatic heterocycles. The summed E-state index contributed by atoms with van der Waals surface area (Å²) in [6, 6.07) is 0. The van der Waals surface area contributed by atoms with Crippen LogP contribution in [0, 0.1) is 11.8 Å². The Balaban J connectivity index is 2.96. The second-order valence-electron chi connectivity index (χ2n) is 4.91. The quantitative estimate of drug-likeness (QED) is 0.708. The average molecular weight is 252 g/mol. The normalized spacial score (nSPS) is 28.6. The molecule has 3 unspecified atom stereocenters. The van der Waals surface area contributed by atoms with Crippen molar-refractivity contribution in [2.45, 2.75) is 38.7 Å². The Hall–Kier alpha value is -1.42. The number of hydrogen-bond donors (Lipinski definition) is 2. The molecule has 1 rings (SSSR count). The zero-order valence-electron chi connectivity index (χ0n) is 10.8. The molecule has 0 aromatic rings. The molecule has 100 valence electrons. The fraction of sp³-hybridized carbons (Fsp3) is 0.571. The molecule has 4 nitrogen and oxygen atoms in total. The third-order valence-electron chi connectivity index (χ3n) is 3.69. The van der Waals surface area contributed by atoms with Gasteiger partial charge >= 0.3 is 5.97 Å². The Morgan fingerprint density at radius 3 is 2.78 bits per heavy atom. The summed E-state index contributed by atoms with van der Waals surface area (Å²) in [7, 11) is 0. The van der Waals surface area contributed by atoms with Crippen molar-refractivity contribution in [3.63, 3.8) is 0 Å². The van der Waals surface area contributed by atoms with Crippen LogP contribution in [0.4, 0.5) is 0 Å². The van der Waals surface area contributed by atoms with E-state index in [9.17, 15) is 14.7 Å². The maximum absolute atomic E-state index is 11.2. The Morgan fingerprint density at radius 1 is 1.61 bits per heavy atom. The minimum absolute atomic E-state index is 0.0922. The van der Waals surface area contributed by atoms with Crippen LogP contribution >= 0.6 is 0 Å². The van der Waals surface area contributed by atoms with E-state index >= 15 is 0 Å². The smallest absolute Gasteiger partial charge is 0.334 e. The van der Waals surface area contributed by atoms with E-state index in [1.54, 1.807) is 6.08 Å². The highest BCUT2D eigenvalue weighted by atomic mass is 16.4. The van der Waals surface area contributed by atoms with Gasteiger partial charge in [0.25, 0.3) is 0 Å². The summed E-state index contributed by atoms with van der Waals surface area (Å²) in [5, 5.41) is 19.7. The Labute approximate surface area is 107 Å². The molecule has 0 spiro atoms. The number of carbonyl (C=O) groups excluding carboxylic acids is 1. The zero-order valence-corrected chi connectivity index (χ0v) is 10.8. The van der Waals surface area contributed by atoms with Crippen molar-refractivity contribution in [2.75, 3.05) is 0 Å². The summed E-state index contributed by atoms with van der Waals surface area (Å²) in [4.78, 5) is 22.2. The monoisotopic (exact) mass is 252 g/mol. The molecule has 0 fully saturated rings. The number of rotatable bonds is 6. The van der Waals surface area contributed by atoms with Crippen molar-refractivity contribution < 1.29 is 19.8 Å². The van der Waals surface area contributed by atoms with E-state index in [0.29, 0.717) is 18.6 Å². The largest absolute Gasteiger partial charge is 0.478 e. The molecule has 4 heteroatoms. The summed E-state index contributed by atoms with van der Waals surface area (Å²) >= 11 is 0. The van der Waals surface area contributed by atoms with E-state index < -0.39 is 17.5 Å². The molecule has 0 amide bonds. The number of carboxylic acids is 1. The molecule has 2 N–H and O–H groups in total. The first-order valence-electron chi connectivity index (χ1n) is 6.25. The number of hydrogen-bond acceptors (Lipinski definition) is 3. The number of carboxylic acid groups (broad SMARTS) is 1. The van der Waals surface area contributed by atoms with Gasteiger partial charge in [0.1, 0.15) is 11.9 Å². The summed E-state index contributed by atoms with van der Waals surface area (Å²) in [5.74, 6) is -1.56. The highest BCUT2D eigenvalue weighted by Gasteiger charge is 2.43. The van der Waals surface area contributed by atoms with Gasteiger partial charge in [-0.1, -0.05) is 32.4 Å². The van der Waals surface area contributed by atoms with Crippen LogP contribution in [0.2, 0.25) is 0 Å². The summed E-state index contributed by atoms with van der Waals surface area (Å²) in [5.41, 5.74) is -1.67. The Bertz CT molecular complexity index is 383. The van der Waals surface area contributed by atoms with Crippen LogP contribution < -0.4 is 0 Å². The van der Waals surface area contributed by atoms with Gasteiger partial charge in [0, 0.05) is 0 Å². The third kappa shape index (κ3) is 2.88. The van der Waals surface area contributed by atoms with Crippen molar-refractivity contribution in [2.24, 2.45) is 11.8 Å². The van der Waals surface area contributed by atoms with Gasteiger partial charge < -0.3 is 15.0 Å². The fourth-order valence-corrected chi connectivity index (χ4v) is 2.14. The van der Waals surface area contributed by atoms with Crippen molar-refractivity contribution >= 4 is 12.3 Å². The zero-order chi connectivity index (χ0) is 13.8. The molecular weight excluding hydrogens is 232 g/mol.